The summed E-state index contributed by atoms with van der Waals surface area (Å²) in [5, 5.41) is 3.36. The predicted molar refractivity (Wildman–Crippen MR) is 69.8 cm³/mol. The van der Waals surface area contributed by atoms with E-state index in [0.29, 0.717) is 13.1 Å². The average molecular weight is 272 g/mol. The first-order valence-electron chi connectivity index (χ1n) is 6.67. The number of halogens is 3. The molecule has 2 unspecified atom stereocenters. The van der Waals surface area contributed by atoms with E-state index >= 15 is 0 Å². The highest BCUT2D eigenvalue weighted by Gasteiger charge is 2.28. The maximum atomic E-state index is 13.8. The van der Waals surface area contributed by atoms with E-state index in [1.807, 2.05) is 6.92 Å². The fraction of sp³-hybridized carbons (Fsp3) is 0.571. The minimum Gasteiger partial charge on any atom is -0.361 e. The van der Waals surface area contributed by atoms with Crippen LogP contribution >= 0.6 is 0 Å². The van der Waals surface area contributed by atoms with Crippen molar-refractivity contribution in [3.05, 3.63) is 29.6 Å². The van der Waals surface area contributed by atoms with Gasteiger partial charge >= 0.3 is 0 Å². The van der Waals surface area contributed by atoms with Crippen LogP contribution in [0.1, 0.15) is 26.7 Å². The van der Waals surface area contributed by atoms with Gasteiger partial charge in [-0.05, 0) is 13.3 Å². The quantitative estimate of drug-likeness (QED) is 0.909. The van der Waals surface area contributed by atoms with E-state index in [9.17, 15) is 13.2 Å². The van der Waals surface area contributed by atoms with Gasteiger partial charge in [0.25, 0.3) is 0 Å². The zero-order chi connectivity index (χ0) is 14.0. The van der Waals surface area contributed by atoms with E-state index < -0.39 is 17.5 Å². The molecule has 1 aromatic carbocycles. The molecule has 106 valence electrons. The largest absolute Gasteiger partial charge is 0.361 e. The Balaban J connectivity index is 2.28. The van der Waals surface area contributed by atoms with Crippen molar-refractivity contribution in [3.8, 4) is 0 Å². The van der Waals surface area contributed by atoms with E-state index in [0.717, 1.165) is 25.0 Å². The molecule has 0 aliphatic carbocycles. The van der Waals surface area contributed by atoms with Gasteiger partial charge in [0.15, 0.2) is 11.6 Å². The average Bonchev–Trinajstić information content (AvgIpc) is 2.32. The van der Waals surface area contributed by atoms with Crippen molar-refractivity contribution >= 4 is 5.69 Å². The van der Waals surface area contributed by atoms with Crippen molar-refractivity contribution in [1.82, 2.24) is 5.32 Å². The van der Waals surface area contributed by atoms with Crippen LogP contribution in [-0.2, 0) is 0 Å². The monoisotopic (exact) mass is 272 g/mol. The molecular formula is C14H19F3N2. The molecule has 1 heterocycles. The lowest BCUT2D eigenvalue weighted by molar-refractivity contribution is 0.378. The van der Waals surface area contributed by atoms with Crippen LogP contribution in [0.3, 0.4) is 0 Å². The molecule has 2 rings (SSSR count). The number of nitrogens with one attached hydrogen (secondary N) is 1. The lowest BCUT2D eigenvalue weighted by Crippen LogP contribution is -2.56. The Kier molecular flexibility index (Phi) is 4.34. The third kappa shape index (κ3) is 3.03. The molecule has 1 saturated heterocycles. The van der Waals surface area contributed by atoms with Gasteiger partial charge in [0, 0.05) is 37.3 Å². The Bertz CT molecular complexity index is 427. The summed E-state index contributed by atoms with van der Waals surface area (Å²) in [4.78, 5) is 1.70. The molecule has 19 heavy (non-hydrogen) atoms. The number of rotatable bonds is 3. The second kappa shape index (κ2) is 5.82. The molecule has 2 atom stereocenters. The Morgan fingerprint density at radius 1 is 1.26 bits per heavy atom. The summed E-state index contributed by atoms with van der Waals surface area (Å²) in [6.45, 7) is 5.18. The molecule has 5 heteroatoms. The van der Waals surface area contributed by atoms with Crippen LogP contribution in [0.25, 0.3) is 0 Å². The van der Waals surface area contributed by atoms with E-state index in [4.69, 9.17) is 0 Å². The summed E-state index contributed by atoms with van der Waals surface area (Å²) >= 11 is 0. The molecule has 0 bridgehead atoms. The summed E-state index contributed by atoms with van der Waals surface area (Å²) in [7, 11) is 0. The summed E-state index contributed by atoms with van der Waals surface area (Å²) in [5.41, 5.74) is -0.114. The molecule has 0 saturated carbocycles. The molecular weight excluding hydrogens is 253 g/mol. The lowest BCUT2D eigenvalue weighted by atomic mass is 10.0. The molecule has 1 aromatic rings. The van der Waals surface area contributed by atoms with E-state index in [1.54, 1.807) is 4.90 Å². The minimum atomic E-state index is -0.883. The van der Waals surface area contributed by atoms with Gasteiger partial charge in [-0.3, -0.25) is 0 Å². The van der Waals surface area contributed by atoms with E-state index in [2.05, 4.69) is 12.2 Å². The Hall–Kier alpha value is -1.23. The maximum Gasteiger partial charge on any atom is 0.152 e. The van der Waals surface area contributed by atoms with Crippen LogP contribution in [0.5, 0.6) is 0 Å². The number of hydrogen-bond donors (Lipinski definition) is 1. The van der Waals surface area contributed by atoms with Crippen LogP contribution < -0.4 is 10.2 Å². The third-order valence-electron chi connectivity index (χ3n) is 3.56. The first kappa shape index (κ1) is 14.2. The number of piperazine rings is 1. The molecule has 1 fully saturated rings. The van der Waals surface area contributed by atoms with Crippen LogP contribution in [0.2, 0.25) is 0 Å². The van der Waals surface area contributed by atoms with E-state index in [-0.39, 0.29) is 17.8 Å². The van der Waals surface area contributed by atoms with Crippen molar-refractivity contribution in [3.63, 3.8) is 0 Å². The van der Waals surface area contributed by atoms with Gasteiger partial charge in [-0.1, -0.05) is 13.3 Å². The first-order chi connectivity index (χ1) is 9.02. The summed E-state index contributed by atoms with van der Waals surface area (Å²) in [6.07, 6.45) is 1.96. The van der Waals surface area contributed by atoms with Gasteiger partial charge in [0.2, 0.25) is 0 Å². The van der Waals surface area contributed by atoms with Crippen LogP contribution in [0.4, 0.5) is 18.9 Å². The molecule has 0 radical (unpaired) electrons. The number of hydrogen-bond acceptors (Lipinski definition) is 2. The Morgan fingerprint density at radius 3 is 2.47 bits per heavy atom. The third-order valence-corrected chi connectivity index (χ3v) is 3.56. The molecule has 0 spiro atoms. The number of anilines is 1. The second-order valence-corrected chi connectivity index (χ2v) is 5.11. The second-order valence-electron chi connectivity index (χ2n) is 5.11. The SMILES string of the molecule is CCCC1CN(c2c(F)cc(F)cc2F)C(C)CN1. The minimum absolute atomic E-state index is 0.0254. The van der Waals surface area contributed by atoms with Crippen LogP contribution in [0, 0.1) is 17.5 Å². The Morgan fingerprint density at radius 2 is 1.89 bits per heavy atom. The molecule has 1 aliphatic rings. The molecule has 0 aromatic heterocycles. The Labute approximate surface area is 111 Å². The highest BCUT2D eigenvalue weighted by molar-refractivity contribution is 5.51. The summed E-state index contributed by atoms with van der Waals surface area (Å²) < 4.78 is 40.6. The van der Waals surface area contributed by atoms with Crippen LogP contribution in [0.15, 0.2) is 12.1 Å². The smallest absolute Gasteiger partial charge is 0.152 e. The zero-order valence-corrected chi connectivity index (χ0v) is 11.2. The van der Waals surface area contributed by atoms with Crippen molar-refractivity contribution in [2.75, 3.05) is 18.0 Å². The number of benzene rings is 1. The maximum absolute atomic E-state index is 13.8. The molecule has 1 N–H and O–H groups in total. The molecule has 2 nitrogen and oxygen atoms in total. The summed E-state index contributed by atoms with van der Waals surface area (Å²) in [6, 6.07) is 1.66. The van der Waals surface area contributed by atoms with Gasteiger partial charge in [-0.15, -0.1) is 0 Å². The van der Waals surface area contributed by atoms with E-state index in [1.165, 1.54) is 0 Å². The topological polar surface area (TPSA) is 15.3 Å². The van der Waals surface area contributed by atoms with Crippen molar-refractivity contribution in [2.24, 2.45) is 0 Å². The van der Waals surface area contributed by atoms with Crippen molar-refractivity contribution in [2.45, 2.75) is 38.8 Å². The van der Waals surface area contributed by atoms with Gasteiger partial charge in [-0.25, -0.2) is 13.2 Å². The zero-order valence-electron chi connectivity index (χ0n) is 11.2. The standard InChI is InChI=1S/C14H19F3N2/c1-3-4-11-8-19(9(2)7-18-11)14-12(16)5-10(15)6-13(14)17/h5-6,9,11,18H,3-4,7-8H2,1-2H3. The lowest BCUT2D eigenvalue weighted by Gasteiger charge is -2.40. The molecule has 0 amide bonds. The van der Waals surface area contributed by atoms with Crippen LogP contribution in [-0.4, -0.2) is 25.2 Å². The van der Waals surface area contributed by atoms with Crippen molar-refractivity contribution < 1.29 is 13.2 Å². The highest BCUT2D eigenvalue weighted by atomic mass is 19.1. The molecule has 1 aliphatic heterocycles. The fourth-order valence-corrected chi connectivity index (χ4v) is 2.59. The van der Waals surface area contributed by atoms with Gasteiger partial charge in [-0.2, -0.15) is 0 Å². The first-order valence-corrected chi connectivity index (χ1v) is 6.67. The van der Waals surface area contributed by atoms with Gasteiger partial charge < -0.3 is 10.2 Å². The van der Waals surface area contributed by atoms with Crippen molar-refractivity contribution in [1.29, 1.82) is 0 Å². The van der Waals surface area contributed by atoms with Gasteiger partial charge in [0.1, 0.15) is 11.5 Å². The normalized spacial score (nSPS) is 23.7. The predicted octanol–water partition coefficient (Wildman–Crippen LogP) is 3.07. The van der Waals surface area contributed by atoms with Gasteiger partial charge in [0.05, 0.1) is 0 Å². The summed E-state index contributed by atoms with van der Waals surface area (Å²) in [5.74, 6) is -2.55. The highest BCUT2D eigenvalue weighted by Crippen LogP contribution is 2.28. The fourth-order valence-electron chi connectivity index (χ4n) is 2.59. The number of nitrogens with zero attached hydrogens (tertiary/aromatic N) is 1.